The summed E-state index contributed by atoms with van der Waals surface area (Å²) in [6, 6.07) is -0.253. The molecule has 0 aliphatic carbocycles. The summed E-state index contributed by atoms with van der Waals surface area (Å²) in [6.07, 6.45) is 1.75. The molecular formula is C7H13ClN2O3. The highest BCUT2D eigenvalue weighted by atomic mass is 35.5. The van der Waals surface area contributed by atoms with Gasteiger partial charge in [-0.3, -0.25) is 4.79 Å². The van der Waals surface area contributed by atoms with E-state index in [1.165, 1.54) is 6.92 Å². The molecule has 0 radical (unpaired) electrons. The lowest BCUT2D eigenvalue weighted by atomic mass is 10.2. The molecule has 1 aliphatic heterocycles. The number of carbonyl (C=O) groups excluding carboxylic acids is 2. The zero-order valence-corrected chi connectivity index (χ0v) is 8.15. The summed E-state index contributed by atoms with van der Waals surface area (Å²) >= 11 is 0. The lowest BCUT2D eigenvalue weighted by Crippen LogP contribution is -2.37. The largest absolute Gasteiger partial charge is 0.348 e. The van der Waals surface area contributed by atoms with Crippen molar-refractivity contribution in [2.24, 2.45) is 0 Å². The zero-order valence-electron chi connectivity index (χ0n) is 7.33. The molecule has 2 N–H and O–H groups in total. The van der Waals surface area contributed by atoms with Crippen molar-refractivity contribution in [3.63, 3.8) is 0 Å². The quantitative estimate of drug-likeness (QED) is 0.584. The Morgan fingerprint density at radius 2 is 2.23 bits per heavy atom. The fourth-order valence-electron chi connectivity index (χ4n) is 1.08. The van der Waals surface area contributed by atoms with Gasteiger partial charge in [-0.05, 0) is 19.4 Å². The Bertz CT molecular complexity index is 192. The van der Waals surface area contributed by atoms with Crippen molar-refractivity contribution < 1.29 is 14.4 Å². The SMILES string of the molecule is CC(=O)NOC(=O)[C@@H]1CCCN1.Cl. The molecule has 1 aliphatic rings. The van der Waals surface area contributed by atoms with Crippen LogP contribution < -0.4 is 10.8 Å². The van der Waals surface area contributed by atoms with Gasteiger partial charge in [-0.1, -0.05) is 0 Å². The van der Waals surface area contributed by atoms with Gasteiger partial charge in [0, 0.05) is 6.92 Å². The number of hydrogen-bond donors (Lipinski definition) is 2. The van der Waals surface area contributed by atoms with Crippen LogP contribution in [0.25, 0.3) is 0 Å². The summed E-state index contributed by atoms with van der Waals surface area (Å²) in [5.41, 5.74) is 1.99. The smallest absolute Gasteiger partial charge is 0.339 e. The van der Waals surface area contributed by atoms with Crippen LogP contribution in [0.2, 0.25) is 0 Å². The topological polar surface area (TPSA) is 67.4 Å². The Kier molecular flexibility index (Phi) is 5.41. The monoisotopic (exact) mass is 208 g/mol. The number of carbonyl (C=O) groups is 2. The minimum atomic E-state index is -0.414. The first kappa shape index (κ1) is 12.2. The third kappa shape index (κ3) is 4.10. The Morgan fingerprint density at radius 1 is 1.54 bits per heavy atom. The molecule has 76 valence electrons. The first-order chi connectivity index (χ1) is 5.70. The molecule has 1 atom stereocenters. The molecule has 0 aromatic rings. The number of hydroxylamine groups is 1. The van der Waals surface area contributed by atoms with Crippen molar-refractivity contribution in [2.75, 3.05) is 6.54 Å². The lowest BCUT2D eigenvalue weighted by Gasteiger charge is -2.08. The molecule has 0 saturated carbocycles. The minimum absolute atomic E-state index is 0. The molecule has 1 amide bonds. The number of hydrogen-bond acceptors (Lipinski definition) is 4. The van der Waals surface area contributed by atoms with Gasteiger partial charge >= 0.3 is 5.97 Å². The summed E-state index contributed by atoms with van der Waals surface area (Å²) in [7, 11) is 0. The van der Waals surface area contributed by atoms with E-state index in [4.69, 9.17) is 0 Å². The summed E-state index contributed by atoms with van der Waals surface area (Å²) in [5, 5.41) is 2.95. The van der Waals surface area contributed by atoms with E-state index in [0.29, 0.717) is 0 Å². The van der Waals surface area contributed by atoms with Crippen LogP contribution in [0.1, 0.15) is 19.8 Å². The summed E-state index contributed by atoms with van der Waals surface area (Å²) in [6.45, 7) is 2.12. The van der Waals surface area contributed by atoms with Crippen LogP contribution in [-0.4, -0.2) is 24.5 Å². The van der Waals surface area contributed by atoms with Crippen molar-refractivity contribution in [3.8, 4) is 0 Å². The van der Waals surface area contributed by atoms with Crippen LogP contribution >= 0.6 is 12.4 Å². The highest BCUT2D eigenvalue weighted by molar-refractivity contribution is 5.85. The average Bonchev–Trinajstić information content (AvgIpc) is 2.51. The molecule has 0 aromatic heterocycles. The maximum atomic E-state index is 11.1. The lowest BCUT2D eigenvalue weighted by molar-refractivity contribution is -0.159. The van der Waals surface area contributed by atoms with Crippen LogP contribution in [0.15, 0.2) is 0 Å². The second kappa shape index (κ2) is 5.77. The van der Waals surface area contributed by atoms with E-state index in [9.17, 15) is 9.59 Å². The Morgan fingerprint density at radius 3 is 2.69 bits per heavy atom. The highest BCUT2D eigenvalue weighted by Crippen LogP contribution is 2.05. The molecular weight excluding hydrogens is 196 g/mol. The number of rotatable bonds is 1. The number of nitrogens with one attached hydrogen (secondary N) is 2. The maximum Gasteiger partial charge on any atom is 0.348 e. The zero-order chi connectivity index (χ0) is 8.97. The standard InChI is InChI=1S/C7H12N2O3.ClH/c1-5(10)9-12-7(11)6-3-2-4-8-6;/h6,8H,2-4H2,1H3,(H,9,10);1H/t6-;/m0./s1. The van der Waals surface area contributed by atoms with E-state index in [1.54, 1.807) is 0 Å². The number of amides is 1. The Hall–Kier alpha value is -0.810. The molecule has 6 heteroatoms. The van der Waals surface area contributed by atoms with Crippen molar-refractivity contribution in [2.45, 2.75) is 25.8 Å². The van der Waals surface area contributed by atoms with Gasteiger partial charge in [0.15, 0.2) is 0 Å². The average molecular weight is 209 g/mol. The van der Waals surface area contributed by atoms with Crippen molar-refractivity contribution in [1.29, 1.82) is 0 Å². The molecule has 1 saturated heterocycles. The van der Waals surface area contributed by atoms with E-state index >= 15 is 0 Å². The summed E-state index contributed by atoms with van der Waals surface area (Å²) in [4.78, 5) is 25.9. The van der Waals surface area contributed by atoms with Gasteiger partial charge in [0.1, 0.15) is 6.04 Å². The van der Waals surface area contributed by atoms with Crippen LogP contribution in [0.4, 0.5) is 0 Å². The fourth-order valence-corrected chi connectivity index (χ4v) is 1.08. The van der Waals surface area contributed by atoms with Crippen LogP contribution in [-0.2, 0) is 14.4 Å². The van der Waals surface area contributed by atoms with Gasteiger partial charge in [0.25, 0.3) is 0 Å². The molecule has 0 bridgehead atoms. The van der Waals surface area contributed by atoms with Gasteiger partial charge in [0.2, 0.25) is 5.91 Å². The van der Waals surface area contributed by atoms with Gasteiger partial charge < -0.3 is 10.2 Å². The molecule has 1 rings (SSSR count). The highest BCUT2D eigenvalue weighted by Gasteiger charge is 2.23. The second-order valence-electron chi connectivity index (χ2n) is 2.73. The van der Waals surface area contributed by atoms with E-state index in [-0.39, 0.29) is 24.4 Å². The van der Waals surface area contributed by atoms with Gasteiger partial charge in [-0.2, -0.15) is 5.48 Å². The third-order valence-electron chi connectivity index (χ3n) is 1.64. The van der Waals surface area contributed by atoms with Crippen molar-refractivity contribution in [1.82, 2.24) is 10.8 Å². The van der Waals surface area contributed by atoms with Crippen LogP contribution in [0, 0.1) is 0 Å². The fraction of sp³-hybridized carbons (Fsp3) is 0.714. The minimum Gasteiger partial charge on any atom is -0.339 e. The van der Waals surface area contributed by atoms with Crippen LogP contribution in [0.3, 0.4) is 0 Å². The van der Waals surface area contributed by atoms with E-state index in [1.807, 2.05) is 5.48 Å². The second-order valence-corrected chi connectivity index (χ2v) is 2.73. The maximum absolute atomic E-state index is 11.1. The van der Waals surface area contributed by atoms with Gasteiger partial charge in [-0.25, -0.2) is 4.79 Å². The molecule has 5 nitrogen and oxygen atoms in total. The Balaban J connectivity index is 0.00000144. The van der Waals surface area contributed by atoms with E-state index < -0.39 is 5.97 Å². The molecule has 1 fully saturated rings. The molecule has 0 aromatic carbocycles. The predicted octanol–water partition coefficient (Wildman–Crippen LogP) is -0.246. The van der Waals surface area contributed by atoms with Crippen molar-refractivity contribution in [3.05, 3.63) is 0 Å². The summed E-state index contributed by atoms with van der Waals surface area (Å²) in [5.74, 6) is -0.788. The predicted molar refractivity (Wildman–Crippen MR) is 48.2 cm³/mol. The molecule has 1 heterocycles. The molecule has 13 heavy (non-hydrogen) atoms. The van der Waals surface area contributed by atoms with E-state index in [2.05, 4.69) is 10.2 Å². The first-order valence-corrected chi connectivity index (χ1v) is 3.91. The Labute approximate surface area is 82.6 Å². The van der Waals surface area contributed by atoms with Gasteiger partial charge in [-0.15, -0.1) is 12.4 Å². The normalized spacial score (nSPS) is 20.2. The molecule has 0 spiro atoms. The van der Waals surface area contributed by atoms with Crippen molar-refractivity contribution >= 4 is 24.3 Å². The van der Waals surface area contributed by atoms with Crippen LogP contribution in [0.5, 0.6) is 0 Å². The third-order valence-corrected chi connectivity index (χ3v) is 1.64. The van der Waals surface area contributed by atoms with E-state index in [0.717, 1.165) is 19.4 Å². The molecule has 0 unspecified atom stereocenters. The number of halogens is 1. The van der Waals surface area contributed by atoms with Gasteiger partial charge in [0.05, 0.1) is 0 Å². The summed E-state index contributed by atoms with van der Waals surface area (Å²) < 4.78 is 0. The first-order valence-electron chi connectivity index (χ1n) is 3.91.